The molecule has 0 fully saturated rings. The van der Waals surface area contributed by atoms with Gasteiger partial charge < -0.3 is 15.4 Å². The molecule has 1 aromatic heterocycles. The number of aromatic nitrogens is 1. The van der Waals surface area contributed by atoms with Gasteiger partial charge in [0.25, 0.3) is 0 Å². The molecule has 0 bridgehead atoms. The lowest BCUT2D eigenvalue weighted by Gasteiger charge is -2.17. The highest BCUT2D eigenvalue weighted by Crippen LogP contribution is 2.41. The molecule has 4 rings (SSSR count). The van der Waals surface area contributed by atoms with Crippen LogP contribution in [0.2, 0.25) is 10.0 Å². The van der Waals surface area contributed by atoms with E-state index in [0.717, 1.165) is 34.0 Å². The second-order valence-corrected chi connectivity index (χ2v) is 9.01. The number of allylic oxidation sites excluding steroid dienone is 4. The average molecular weight is 453 g/mol. The van der Waals surface area contributed by atoms with E-state index in [-0.39, 0.29) is 5.38 Å². The number of nitrogens with zero attached hydrogens (tertiary/aromatic N) is 1. The molecule has 0 saturated heterocycles. The van der Waals surface area contributed by atoms with Gasteiger partial charge in [0.05, 0.1) is 26.5 Å². The Morgan fingerprint density at radius 1 is 1.14 bits per heavy atom. The zero-order valence-electron chi connectivity index (χ0n) is 15.4. The van der Waals surface area contributed by atoms with Crippen molar-refractivity contribution in [2.75, 3.05) is 25.1 Å². The zero-order valence-corrected chi connectivity index (χ0v) is 18.7. The Morgan fingerprint density at radius 3 is 2.54 bits per heavy atom. The summed E-state index contributed by atoms with van der Waals surface area (Å²) in [5.74, 6) is 0. The van der Waals surface area contributed by atoms with Crippen molar-refractivity contribution in [2.24, 2.45) is 5.73 Å². The fraction of sp³-hybridized carbons (Fsp3) is 0.238. The predicted molar refractivity (Wildman–Crippen MR) is 128 cm³/mol. The number of fused-ring (bicyclic) bond motifs is 3. The molecule has 1 aliphatic rings. The summed E-state index contributed by atoms with van der Waals surface area (Å²) in [6, 6.07) is 8.37. The van der Waals surface area contributed by atoms with Gasteiger partial charge in [-0.25, -0.2) is 0 Å². The molecule has 0 aliphatic heterocycles. The largest absolute Gasteiger partial charge is 0.383 e. The smallest absolute Gasteiger partial charge is 0.0613 e. The number of halogens is 3. The van der Waals surface area contributed by atoms with Crippen LogP contribution < -0.4 is 11.1 Å². The van der Waals surface area contributed by atoms with Crippen LogP contribution in [0.3, 0.4) is 0 Å². The summed E-state index contributed by atoms with van der Waals surface area (Å²) >= 11 is 18.9. The van der Waals surface area contributed by atoms with Crippen LogP contribution in [0.1, 0.15) is 12.0 Å². The maximum atomic E-state index is 6.33. The van der Waals surface area contributed by atoms with Crippen LogP contribution in [0.4, 0.5) is 5.69 Å². The highest BCUT2D eigenvalue weighted by atomic mass is 35.5. The first kappa shape index (κ1) is 20.1. The molecule has 1 aliphatic carbocycles. The minimum Gasteiger partial charge on any atom is -0.383 e. The standard InChI is InChI=1S/C21H21Cl3N3P/c1-28-27-20-10-14(12-2-4-13(22)5-3-12)19(26-7-6-25)9-16(20)15-8-17(23)18(24)11-21(15)27/h2-4,8-11,13,26,28H,5-7,25H2,1H3. The van der Waals surface area contributed by atoms with E-state index >= 15 is 0 Å². The Labute approximate surface area is 181 Å². The van der Waals surface area contributed by atoms with Gasteiger partial charge in [-0.15, -0.1) is 11.6 Å². The molecule has 7 heteroatoms. The van der Waals surface area contributed by atoms with Gasteiger partial charge in [-0.3, -0.25) is 0 Å². The number of hydrogen-bond acceptors (Lipinski definition) is 2. The maximum absolute atomic E-state index is 6.33. The van der Waals surface area contributed by atoms with Gasteiger partial charge in [-0.05, 0) is 51.7 Å². The fourth-order valence-electron chi connectivity index (χ4n) is 3.68. The van der Waals surface area contributed by atoms with E-state index in [0.29, 0.717) is 31.9 Å². The molecule has 2 aromatic carbocycles. The third-order valence-electron chi connectivity index (χ3n) is 4.99. The van der Waals surface area contributed by atoms with Crippen molar-refractivity contribution in [1.29, 1.82) is 0 Å². The molecule has 2 atom stereocenters. The molecule has 0 radical (unpaired) electrons. The van der Waals surface area contributed by atoms with Crippen LogP contribution in [0, 0.1) is 0 Å². The number of rotatable bonds is 5. The van der Waals surface area contributed by atoms with Crippen LogP contribution in [0.15, 0.2) is 42.5 Å². The van der Waals surface area contributed by atoms with Crippen molar-refractivity contribution in [2.45, 2.75) is 11.8 Å². The SMILES string of the molecule is CPn1c2cc(Cl)c(Cl)cc2c2cc(NCCN)c(C3=CCC(Cl)C=C3)cc21. The van der Waals surface area contributed by atoms with Crippen LogP contribution in [0.25, 0.3) is 27.4 Å². The van der Waals surface area contributed by atoms with E-state index in [1.807, 2.05) is 18.2 Å². The van der Waals surface area contributed by atoms with Crippen LogP contribution in [-0.4, -0.2) is 29.5 Å². The van der Waals surface area contributed by atoms with E-state index in [2.05, 4.69) is 40.6 Å². The normalized spacial score (nSPS) is 17.2. The van der Waals surface area contributed by atoms with Crippen molar-refractivity contribution in [1.82, 2.24) is 4.34 Å². The van der Waals surface area contributed by atoms with Gasteiger partial charge in [0.1, 0.15) is 0 Å². The molecule has 146 valence electrons. The highest BCUT2D eigenvalue weighted by Gasteiger charge is 2.17. The monoisotopic (exact) mass is 451 g/mol. The van der Waals surface area contributed by atoms with E-state index < -0.39 is 0 Å². The first-order chi connectivity index (χ1) is 13.5. The lowest BCUT2D eigenvalue weighted by atomic mass is 9.96. The molecular weight excluding hydrogens is 432 g/mol. The first-order valence-corrected chi connectivity index (χ1v) is 11.8. The maximum Gasteiger partial charge on any atom is 0.0613 e. The Kier molecular flexibility index (Phi) is 5.92. The minimum absolute atomic E-state index is 0.0563. The van der Waals surface area contributed by atoms with Crippen LogP contribution in [0.5, 0.6) is 0 Å². The molecule has 28 heavy (non-hydrogen) atoms. The van der Waals surface area contributed by atoms with Crippen molar-refractivity contribution in [3.63, 3.8) is 0 Å². The minimum atomic E-state index is 0.0563. The van der Waals surface area contributed by atoms with Crippen molar-refractivity contribution in [3.05, 3.63) is 58.1 Å². The Morgan fingerprint density at radius 2 is 1.86 bits per heavy atom. The van der Waals surface area contributed by atoms with Gasteiger partial charge in [0.2, 0.25) is 0 Å². The first-order valence-electron chi connectivity index (χ1n) is 9.15. The summed E-state index contributed by atoms with van der Waals surface area (Å²) in [5, 5.41) is 6.94. The number of anilines is 1. The summed E-state index contributed by atoms with van der Waals surface area (Å²) < 4.78 is 2.31. The van der Waals surface area contributed by atoms with Crippen molar-refractivity contribution >= 4 is 76.6 Å². The van der Waals surface area contributed by atoms with E-state index in [1.54, 1.807) is 0 Å². The third kappa shape index (κ3) is 3.56. The Hall–Kier alpha value is -1.22. The number of nitrogens with one attached hydrogen (secondary N) is 1. The highest BCUT2D eigenvalue weighted by molar-refractivity contribution is 7.35. The lowest BCUT2D eigenvalue weighted by Crippen LogP contribution is -2.14. The fourth-order valence-corrected chi connectivity index (χ4v) is 5.02. The van der Waals surface area contributed by atoms with Gasteiger partial charge in [0, 0.05) is 35.1 Å². The van der Waals surface area contributed by atoms with Gasteiger partial charge in [0.15, 0.2) is 0 Å². The van der Waals surface area contributed by atoms with E-state index in [4.69, 9.17) is 40.5 Å². The lowest BCUT2D eigenvalue weighted by molar-refractivity contribution is 1.02. The summed E-state index contributed by atoms with van der Waals surface area (Å²) in [6.07, 6.45) is 7.17. The zero-order chi connectivity index (χ0) is 19.8. The third-order valence-corrected chi connectivity index (χ3v) is 6.96. The van der Waals surface area contributed by atoms with Crippen LogP contribution in [-0.2, 0) is 0 Å². The number of nitrogens with two attached hydrogens (primary N) is 1. The van der Waals surface area contributed by atoms with Crippen LogP contribution >= 0.6 is 43.5 Å². The molecular formula is C21H21Cl3N3P. The van der Waals surface area contributed by atoms with Crippen molar-refractivity contribution in [3.8, 4) is 0 Å². The quantitative estimate of drug-likeness (QED) is 0.343. The van der Waals surface area contributed by atoms with E-state index in [1.165, 1.54) is 11.1 Å². The molecule has 3 aromatic rings. The van der Waals surface area contributed by atoms with E-state index in [9.17, 15) is 0 Å². The Bertz CT molecular complexity index is 1120. The van der Waals surface area contributed by atoms with Gasteiger partial charge in [-0.2, -0.15) is 0 Å². The Balaban J connectivity index is 2.01. The summed E-state index contributed by atoms with van der Waals surface area (Å²) in [6.45, 7) is 3.43. The number of benzene rings is 2. The van der Waals surface area contributed by atoms with Gasteiger partial charge >= 0.3 is 0 Å². The number of alkyl halides is 1. The topological polar surface area (TPSA) is 43.0 Å². The summed E-state index contributed by atoms with van der Waals surface area (Å²) in [7, 11) is 0.570. The van der Waals surface area contributed by atoms with Gasteiger partial charge in [-0.1, -0.05) is 41.4 Å². The second kappa shape index (κ2) is 8.26. The molecule has 1 heterocycles. The molecule has 0 saturated carbocycles. The number of hydrogen-bond donors (Lipinski definition) is 2. The summed E-state index contributed by atoms with van der Waals surface area (Å²) in [4.78, 5) is 0. The molecule has 3 N–H and O–H groups in total. The average Bonchev–Trinajstić information content (AvgIpc) is 2.98. The predicted octanol–water partition coefficient (Wildman–Crippen LogP) is 6.49. The molecule has 0 spiro atoms. The molecule has 0 amide bonds. The van der Waals surface area contributed by atoms with Crippen molar-refractivity contribution < 1.29 is 0 Å². The molecule has 3 nitrogen and oxygen atoms in total. The summed E-state index contributed by atoms with van der Waals surface area (Å²) in [5.41, 5.74) is 11.4. The molecule has 2 unspecified atom stereocenters. The second-order valence-electron chi connectivity index (χ2n) is 6.74.